The van der Waals surface area contributed by atoms with Crippen LogP contribution in [0.15, 0.2) is 94.3 Å². The standard InChI is InChI=1S/C25H19BrF2O8S/c26-18-11-13-19(14-12-18)37(31,32)36-24-25(27,28)21(35-23(30)17-9-5-2-6-10-17)20(34-24)15-33-22(29)16-7-3-1-4-8-16/h1-14,20-21,24H,15H2/t20-,21?,24+/m1/s1. The summed E-state index contributed by atoms with van der Waals surface area (Å²) in [4.78, 5) is 24.5. The minimum atomic E-state index is -4.71. The van der Waals surface area contributed by atoms with Crippen LogP contribution in [-0.4, -0.2) is 51.4 Å². The minimum absolute atomic E-state index is 0.0230. The van der Waals surface area contributed by atoms with E-state index in [1.54, 1.807) is 24.3 Å². The zero-order chi connectivity index (χ0) is 26.6. The van der Waals surface area contributed by atoms with Gasteiger partial charge in [-0.25, -0.2) is 13.8 Å². The summed E-state index contributed by atoms with van der Waals surface area (Å²) >= 11 is 3.15. The number of carbonyl (C=O) groups excluding carboxylic acids is 2. The molecule has 0 N–H and O–H groups in total. The highest BCUT2D eigenvalue weighted by Crippen LogP contribution is 2.41. The van der Waals surface area contributed by atoms with Gasteiger partial charge in [0.05, 0.1) is 16.0 Å². The molecule has 3 aromatic carbocycles. The van der Waals surface area contributed by atoms with Crippen molar-refractivity contribution in [3.8, 4) is 0 Å². The molecule has 1 aliphatic rings. The van der Waals surface area contributed by atoms with E-state index in [-0.39, 0.29) is 11.1 Å². The third-order valence-corrected chi connectivity index (χ3v) is 7.08. The van der Waals surface area contributed by atoms with Crippen LogP contribution in [0.25, 0.3) is 0 Å². The summed E-state index contributed by atoms with van der Waals surface area (Å²) in [6, 6.07) is 20.2. The molecule has 37 heavy (non-hydrogen) atoms. The van der Waals surface area contributed by atoms with Crippen LogP contribution in [0.2, 0.25) is 0 Å². The fraction of sp³-hybridized carbons (Fsp3) is 0.200. The fourth-order valence-electron chi connectivity index (χ4n) is 3.42. The summed E-state index contributed by atoms with van der Waals surface area (Å²) in [5, 5.41) is 0. The monoisotopic (exact) mass is 596 g/mol. The van der Waals surface area contributed by atoms with Gasteiger partial charge in [-0.2, -0.15) is 17.2 Å². The zero-order valence-corrected chi connectivity index (χ0v) is 21.2. The van der Waals surface area contributed by atoms with Crippen molar-refractivity contribution in [1.82, 2.24) is 0 Å². The van der Waals surface area contributed by atoms with Gasteiger partial charge in [-0.05, 0) is 48.5 Å². The first-order chi connectivity index (χ1) is 17.6. The lowest BCUT2D eigenvalue weighted by Gasteiger charge is -2.23. The number of rotatable bonds is 8. The molecule has 0 aliphatic carbocycles. The van der Waals surface area contributed by atoms with Crippen molar-refractivity contribution in [1.29, 1.82) is 0 Å². The molecule has 0 saturated carbocycles. The second kappa shape index (κ2) is 11.1. The summed E-state index contributed by atoms with van der Waals surface area (Å²) in [6.45, 7) is -0.770. The summed E-state index contributed by atoms with van der Waals surface area (Å²) in [6.07, 6.45) is -6.72. The van der Waals surface area contributed by atoms with Crippen molar-refractivity contribution in [2.45, 2.75) is 29.3 Å². The van der Waals surface area contributed by atoms with E-state index in [0.717, 1.165) is 12.1 Å². The molecule has 4 rings (SSSR count). The largest absolute Gasteiger partial charge is 0.459 e. The van der Waals surface area contributed by atoms with Gasteiger partial charge in [-0.1, -0.05) is 52.3 Å². The number of esters is 2. The number of halogens is 3. The molecular formula is C25H19BrF2O8S. The molecule has 0 amide bonds. The zero-order valence-electron chi connectivity index (χ0n) is 18.8. The quantitative estimate of drug-likeness (QED) is 0.274. The van der Waals surface area contributed by atoms with E-state index in [9.17, 15) is 18.0 Å². The average molecular weight is 597 g/mol. The molecule has 0 spiro atoms. The maximum absolute atomic E-state index is 15.4. The van der Waals surface area contributed by atoms with Crippen LogP contribution < -0.4 is 0 Å². The molecule has 12 heteroatoms. The third kappa shape index (κ3) is 6.21. The Bertz CT molecular complexity index is 1350. The van der Waals surface area contributed by atoms with Crippen molar-refractivity contribution in [2.24, 2.45) is 0 Å². The normalized spacial score (nSPS) is 20.8. The van der Waals surface area contributed by atoms with E-state index >= 15 is 8.78 Å². The van der Waals surface area contributed by atoms with Gasteiger partial charge >= 0.3 is 17.9 Å². The molecule has 1 aliphatic heterocycles. The lowest BCUT2D eigenvalue weighted by molar-refractivity contribution is -0.183. The van der Waals surface area contributed by atoms with E-state index in [2.05, 4.69) is 15.9 Å². The average Bonchev–Trinajstić information content (AvgIpc) is 3.12. The Balaban J connectivity index is 1.57. The van der Waals surface area contributed by atoms with Gasteiger partial charge < -0.3 is 14.2 Å². The van der Waals surface area contributed by atoms with E-state index < -0.39 is 58.0 Å². The first-order valence-corrected chi connectivity index (χ1v) is 13.0. The van der Waals surface area contributed by atoms with Gasteiger partial charge in [0.15, 0.2) is 0 Å². The van der Waals surface area contributed by atoms with Gasteiger partial charge in [-0.3, -0.25) is 0 Å². The van der Waals surface area contributed by atoms with Crippen molar-refractivity contribution >= 4 is 38.0 Å². The van der Waals surface area contributed by atoms with E-state index in [1.165, 1.54) is 48.5 Å². The summed E-state index contributed by atoms with van der Waals surface area (Å²) in [5.41, 5.74) is 0.126. The highest BCUT2D eigenvalue weighted by molar-refractivity contribution is 9.10. The molecule has 1 heterocycles. The second-order valence-corrected chi connectivity index (χ2v) is 10.3. The van der Waals surface area contributed by atoms with Crippen molar-refractivity contribution in [3.05, 3.63) is 101 Å². The molecule has 0 bridgehead atoms. The van der Waals surface area contributed by atoms with Crippen LogP contribution >= 0.6 is 15.9 Å². The Labute approximate surface area is 219 Å². The molecule has 8 nitrogen and oxygen atoms in total. The highest BCUT2D eigenvalue weighted by Gasteiger charge is 2.64. The lowest BCUT2D eigenvalue weighted by atomic mass is 10.1. The molecule has 194 valence electrons. The Morgan fingerprint density at radius 3 is 1.97 bits per heavy atom. The van der Waals surface area contributed by atoms with Crippen molar-refractivity contribution in [3.63, 3.8) is 0 Å². The van der Waals surface area contributed by atoms with Gasteiger partial charge in [-0.15, -0.1) is 0 Å². The van der Waals surface area contributed by atoms with Crippen LogP contribution in [0.5, 0.6) is 0 Å². The van der Waals surface area contributed by atoms with E-state index in [1.807, 2.05) is 0 Å². The molecular weight excluding hydrogens is 578 g/mol. The van der Waals surface area contributed by atoms with Crippen LogP contribution in [0.1, 0.15) is 20.7 Å². The van der Waals surface area contributed by atoms with Gasteiger partial charge in [0.25, 0.3) is 10.1 Å². The first-order valence-electron chi connectivity index (χ1n) is 10.8. The summed E-state index contributed by atoms with van der Waals surface area (Å²) in [5.74, 6) is -6.08. The molecule has 1 saturated heterocycles. The predicted octanol–water partition coefficient (Wildman–Crippen LogP) is 4.60. The first kappa shape index (κ1) is 26.9. The maximum atomic E-state index is 15.4. The number of benzene rings is 3. The van der Waals surface area contributed by atoms with E-state index in [0.29, 0.717) is 4.47 Å². The summed E-state index contributed by atoms with van der Waals surface area (Å²) in [7, 11) is -4.71. The Kier molecular flexibility index (Phi) is 8.02. The molecule has 0 radical (unpaired) electrons. The number of carbonyl (C=O) groups is 2. The lowest BCUT2D eigenvalue weighted by Crippen LogP contribution is -2.45. The predicted molar refractivity (Wildman–Crippen MR) is 128 cm³/mol. The highest BCUT2D eigenvalue weighted by atomic mass is 79.9. The number of ether oxygens (including phenoxy) is 3. The number of alkyl halides is 2. The van der Waals surface area contributed by atoms with E-state index in [4.69, 9.17) is 18.4 Å². The molecule has 1 fully saturated rings. The van der Waals surface area contributed by atoms with Crippen LogP contribution in [0.4, 0.5) is 8.78 Å². The van der Waals surface area contributed by atoms with Crippen LogP contribution in [0.3, 0.4) is 0 Å². The topological polar surface area (TPSA) is 105 Å². The molecule has 3 aromatic rings. The van der Waals surface area contributed by atoms with Gasteiger partial charge in [0.2, 0.25) is 12.4 Å². The number of hydrogen-bond donors (Lipinski definition) is 0. The van der Waals surface area contributed by atoms with Crippen molar-refractivity contribution < 1.29 is 45.2 Å². The molecule has 1 unspecified atom stereocenters. The number of hydrogen-bond acceptors (Lipinski definition) is 8. The van der Waals surface area contributed by atoms with Crippen molar-refractivity contribution in [2.75, 3.05) is 6.61 Å². The Morgan fingerprint density at radius 2 is 1.41 bits per heavy atom. The molecule has 3 atom stereocenters. The SMILES string of the molecule is O=C(OC[C@H]1O[C@@H](OS(=O)(=O)c2ccc(Br)cc2)C(F)(F)C1OC(=O)c1ccccc1)c1ccccc1. The second-order valence-electron chi connectivity index (χ2n) is 7.84. The van der Waals surface area contributed by atoms with Crippen LogP contribution in [-0.2, 0) is 28.5 Å². The molecule has 0 aromatic heterocycles. The van der Waals surface area contributed by atoms with Crippen LogP contribution in [0, 0.1) is 0 Å². The summed E-state index contributed by atoms with van der Waals surface area (Å²) < 4.78 is 76.7. The smallest absolute Gasteiger partial charge is 0.338 e. The fourth-order valence-corrected chi connectivity index (χ4v) is 4.66. The van der Waals surface area contributed by atoms with Gasteiger partial charge in [0, 0.05) is 4.47 Å². The minimum Gasteiger partial charge on any atom is -0.459 e. The third-order valence-electron chi connectivity index (χ3n) is 5.28. The van der Waals surface area contributed by atoms with Gasteiger partial charge in [0.1, 0.15) is 12.7 Å². The maximum Gasteiger partial charge on any atom is 0.338 e. The Morgan fingerprint density at radius 1 is 0.865 bits per heavy atom. The Hall–Kier alpha value is -3.19.